The molecule has 21 heavy (non-hydrogen) atoms. The second kappa shape index (κ2) is 6.21. The van der Waals surface area contributed by atoms with Crippen LogP contribution in [-0.2, 0) is 10.2 Å². The molecule has 1 atom stereocenters. The molecule has 0 bridgehead atoms. The van der Waals surface area contributed by atoms with E-state index < -0.39 is 11.4 Å². The average Bonchev–Trinajstić information content (AvgIpc) is 3.01. The van der Waals surface area contributed by atoms with Crippen LogP contribution in [0, 0.1) is 0 Å². The fourth-order valence-electron chi connectivity index (χ4n) is 3.72. The van der Waals surface area contributed by atoms with Gasteiger partial charge in [0.2, 0.25) is 0 Å². The van der Waals surface area contributed by atoms with E-state index in [0.717, 1.165) is 48.4 Å². The van der Waals surface area contributed by atoms with E-state index in [1.165, 1.54) is 17.7 Å². The minimum absolute atomic E-state index is 0.531. The van der Waals surface area contributed by atoms with Crippen molar-refractivity contribution < 1.29 is 9.90 Å². The first-order chi connectivity index (χ1) is 10.1. The van der Waals surface area contributed by atoms with Gasteiger partial charge in [-0.15, -0.1) is 0 Å². The van der Waals surface area contributed by atoms with Crippen LogP contribution in [0.3, 0.4) is 0 Å². The molecule has 1 aromatic carbocycles. The topological polar surface area (TPSA) is 37.3 Å². The summed E-state index contributed by atoms with van der Waals surface area (Å²) in [5.41, 5.74) is 1.38. The third-order valence-electron chi connectivity index (χ3n) is 5.04. The Kier molecular flexibility index (Phi) is 4.51. The van der Waals surface area contributed by atoms with Crippen molar-refractivity contribution in [1.29, 1.82) is 0 Å². The maximum absolute atomic E-state index is 11.9. The van der Waals surface area contributed by atoms with Crippen molar-refractivity contribution >= 4 is 29.3 Å². The van der Waals surface area contributed by atoms with Crippen LogP contribution in [0.2, 0.25) is 5.02 Å². The summed E-state index contributed by atoms with van der Waals surface area (Å²) in [6, 6.07) is 6.02. The largest absolute Gasteiger partial charge is 0.481 e. The summed E-state index contributed by atoms with van der Waals surface area (Å²) in [7, 11) is 0. The molecule has 1 N–H and O–H groups in total. The zero-order valence-corrected chi connectivity index (χ0v) is 13.7. The zero-order valence-electron chi connectivity index (χ0n) is 12.1. The van der Waals surface area contributed by atoms with Crippen molar-refractivity contribution in [2.75, 3.05) is 11.5 Å². The second-order valence-corrected chi connectivity index (χ2v) is 7.80. The number of thioether (sulfide) groups is 1. The van der Waals surface area contributed by atoms with Gasteiger partial charge >= 0.3 is 5.97 Å². The molecule has 1 heterocycles. The molecule has 1 aliphatic heterocycles. The fourth-order valence-corrected chi connectivity index (χ4v) is 5.30. The maximum Gasteiger partial charge on any atom is 0.314 e. The number of benzene rings is 1. The number of carbonyl (C=O) groups is 1. The lowest BCUT2D eigenvalue weighted by molar-refractivity contribution is -0.145. The van der Waals surface area contributed by atoms with E-state index in [1.54, 1.807) is 0 Å². The highest BCUT2D eigenvalue weighted by Crippen LogP contribution is 2.43. The van der Waals surface area contributed by atoms with Crippen molar-refractivity contribution in [3.63, 3.8) is 0 Å². The van der Waals surface area contributed by atoms with Crippen LogP contribution in [-0.4, -0.2) is 22.6 Å². The molecule has 1 saturated heterocycles. The molecule has 0 radical (unpaired) electrons. The lowest BCUT2D eigenvalue weighted by atomic mass is 9.69. The predicted octanol–water partition coefficient (Wildman–Crippen LogP) is 4.85. The molecule has 1 unspecified atom stereocenters. The second-order valence-electron chi connectivity index (χ2n) is 6.24. The zero-order chi connectivity index (χ0) is 14.9. The molecule has 114 valence electrons. The molecule has 0 amide bonds. The Balaban J connectivity index is 1.94. The molecule has 1 saturated carbocycles. The number of hydrogen-bond acceptors (Lipinski definition) is 2. The number of hydrogen-bond donors (Lipinski definition) is 1. The first-order valence-electron chi connectivity index (χ1n) is 7.74. The molecule has 3 rings (SSSR count). The van der Waals surface area contributed by atoms with Gasteiger partial charge in [-0.2, -0.15) is 11.8 Å². The van der Waals surface area contributed by atoms with Crippen LogP contribution in [0.4, 0.5) is 0 Å². The monoisotopic (exact) mass is 324 g/mol. The molecule has 0 spiro atoms. The number of carboxylic acid groups (broad SMARTS) is 1. The smallest absolute Gasteiger partial charge is 0.314 e. The van der Waals surface area contributed by atoms with E-state index in [-0.39, 0.29) is 0 Å². The van der Waals surface area contributed by atoms with Gasteiger partial charge in [-0.25, -0.2) is 0 Å². The van der Waals surface area contributed by atoms with Gasteiger partial charge in [0.25, 0.3) is 0 Å². The van der Waals surface area contributed by atoms with Gasteiger partial charge in [0.05, 0.1) is 5.41 Å². The van der Waals surface area contributed by atoms with Gasteiger partial charge in [-0.05, 0) is 48.1 Å². The highest BCUT2D eigenvalue weighted by Gasteiger charge is 2.41. The molecule has 2 nitrogen and oxygen atoms in total. The quantitative estimate of drug-likeness (QED) is 0.863. The van der Waals surface area contributed by atoms with Crippen molar-refractivity contribution in [3.05, 3.63) is 34.3 Å². The Hall–Kier alpha value is -0.670. The van der Waals surface area contributed by atoms with Crippen LogP contribution < -0.4 is 0 Å². The van der Waals surface area contributed by atoms with Crippen LogP contribution >= 0.6 is 23.4 Å². The van der Waals surface area contributed by atoms with E-state index in [4.69, 9.17) is 11.6 Å². The highest BCUT2D eigenvalue weighted by atomic mass is 35.5. The van der Waals surface area contributed by atoms with Crippen LogP contribution in [0.5, 0.6) is 0 Å². The Labute approximate surface area is 135 Å². The van der Waals surface area contributed by atoms with Crippen molar-refractivity contribution in [1.82, 2.24) is 0 Å². The average molecular weight is 325 g/mol. The molecule has 4 heteroatoms. The van der Waals surface area contributed by atoms with E-state index >= 15 is 0 Å². The Morgan fingerprint density at radius 2 is 2.05 bits per heavy atom. The van der Waals surface area contributed by atoms with E-state index in [9.17, 15) is 9.90 Å². The van der Waals surface area contributed by atoms with Crippen LogP contribution in [0.15, 0.2) is 18.2 Å². The lowest BCUT2D eigenvalue weighted by Crippen LogP contribution is -2.37. The highest BCUT2D eigenvalue weighted by molar-refractivity contribution is 7.99. The minimum atomic E-state index is -0.717. The number of carboxylic acids is 1. The van der Waals surface area contributed by atoms with Crippen LogP contribution in [0.1, 0.15) is 55.6 Å². The minimum Gasteiger partial charge on any atom is -0.481 e. The van der Waals surface area contributed by atoms with E-state index in [1.807, 2.05) is 23.9 Å². The van der Waals surface area contributed by atoms with Crippen molar-refractivity contribution in [2.24, 2.45) is 0 Å². The summed E-state index contributed by atoms with van der Waals surface area (Å²) < 4.78 is 0. The van der Waals surface area contributed by atoms with Crippen LogP contribution in [0.25, 0.3) is 0 Å². The summed E-state index contributed by atoms with van der Waals surface area (Å²) in [6.07, 6.45) is 5.76. The number of halogens is 1. The first kappa shape index (κ1) is 15.2. The molecular weight excluding hydrogens is 304 g/mol. The third kappa shape index (κ3) is 2.83. The van der Waals surface area contributed by atoms with Gasteiger partial charge in [0, 0.05) is 10.8 Å². The number of rotatable bonds is 3. The molecule has 1 aromatic rings. The molecular formula is C17H21ClO2S. The summed E-state index contributed by atoms with van der Waals surface area (Å²) in [6.45, 7) is 0. The predicted molar refractivity (Wildman–Crippen MR) is 88.5 cm³/mol. The lowest BCUT2D eigenvalue weighted by Gasteiger charge is -2.34. The van der Waals surface area contributed by atoms with Crippen molar-refractivity contribution in [2.45, 2.75) is 49.9 Å². The van der Waals surface area contributed by atoms with E-state index in [0.29, 0.717) is 5.92 Å². The van der Waals surface area contributed by atoms with Gasteiger partial charge in [-0.3, -0.25) is 4.79 Å². The molecule has 1 aliphatic carbocycles. The maximum atomic E-state index is 11.9. The normalized spacial score (nSPS) is 24.9. The Morgan fingerprint density at radius 3 is 2.62 bits per heavy atom. The van der Waals surface area contributed by atoms with Gasteiger partial charge < -0.3 is 5.11 Å². The summed E-state index contributed by atoms with van der Waals surface area (Å²) in [4.78, 5) is 11.9. The van der Waals surface area contributed by atoms with Gasteiger partial charge in [0.15, 0.2) is 0 Å². The summed E-state index contributed by atoms with van der Waals surface area (Å²) in [5.74, 6) is 2.16. The third-order valence-corrected chi connectivity index (χ3v) is 6.53. The standard InChI is InChI=1S/C17H21ClO2S/c18-15-10-13(4-5-14(15)12-6-9-21-11-12)17(16(19)20)7-2-1-3-8-17/h4-5,10,12H,1-3,6-9,11H2,(H,19,20). The first-order valence-corrected chi connectivity index (χ1v) is 9.28. The molecule has 2 aliphatic rings. The SMILES string of the molecule is O=C(O)C1(c2ccc(C3CCSC3)c(Cl)c2)CCCCC1. The summed E-state index contributed by atoms with van der Waals surface area (Å²) in [5, 5.41) is 10.5. The molecule has 0 aromatic heterocycles. The Morgan fingerprint density at radius 1 is 1.29 bits per heavy atom. The fraction of sp³-hybridized carbons (Fsp3) is 0.588. The molecule has 2 fully saturated rings. The van der Waals surface area contributed by atoms with Gasteiger partial charge in [0.1, 0.15) is 0 Å². The van der Waals surface area contributed by atoms with Crippen molar-refractivity contribution in [3.8, 4) is 0 Å². The Bertz CT molecular complexity index is 532. The summed E-state index contributed by atoms with van der Waals surface area (Å²) >= 11 is 8.46. The van der Waals surface area contributed by atoms with E-state index in [2.05, 4.69) is 6.07 Å². The number of aliphatic carboxylic acids is 1. The van der Waals surface area contributed by atoms with Gasteiger partial charge in [-0.1, -0.05) is 43.0 Å².